The molecule has 1 aromatic heterocycles. The topological polar surface area (TPSA) is 110 Å². The lowest BCUT2D eigenvalue weighted by Crippen LogP contribution is -2.24. The van der Waals surface area contributed by atoms with Crippen molar-refractivity contribution in [1.29, 1.82) is 0 Å². The zero-order valence-electron chi connectivity index (χ0n) is 14.0. The zero-order valence-corrected chi connectivity index (χ0v) is 14.0. The predicted octanol–water partition coefficient (Wildman–Crippen LogP) is 3.13. The first-order valence-corrected chi connectivity index (χ1v) is 7.53. The van der Waals surface area contributed by atoms with Gasteiger partial charge in [0.1, 0.15) is 24.2 Å². The molecule has 0 saturated carbocycles. The first kappa shape index (κ1) is 17.5. The number of phenolic OH excluding ortho intramolecular Hbond substituents is 1. The van der Waals surface area contributed by atoms with E-state index >= 15 is 0 Å². The number of aromatic nitrogens is 2. The maximum atomic E-state index is 12.4. The normalized spacial score (nSPS) is 12.2. The number of amides is 1. The van der Waals surface area contributed by atoms with Crippen LogP contribution in [0.3, 0.4) is 0 Å². The van der Waals surface area contributed by atoms with Crippen LogP contribution in [0.2, 0.25) is 0 Å². The van der Waals surface area contributed by atoms with Gasteiger partial charge in [0.25, 0.3) is 0 Å². The molecule has 1 heterocycles. The number of nitro groups is 1. The summed E-state index contributed by atoms with van der Waals surface area (Å²) < 4.78 is 1.24. The van der Waals surface area contributed by atoms with Gasteiger partial charge in [0.2, 0.25) is 5.91 Å². The average molecular weight is 332 g/mol. The lowest BCUT2D eigenvalue weighted by molar-refractivity contribution is -0.385. The fourth-order valence-electron chi connectivity index (χ4n) is 2.30. The van der Waals surface area contributed by atoms with Gasteiger partial charge in [0.05, 0.1) is 4.92 Å². The smallest absolute Gasteiger partial charge is 0.307 e. The van der Waals surface area contributed by atoms with Crippen molar-refractivity contribution < 1.29 is 14.8 Å². The number of aryl methyl sites for hydroxylation is 1. The van der Waals surface area contributed by atoms with Crippen LogP contribution >= 0.6 is 0 Å². The molecule has 0 saturated heterocycles. The number of aromatic hydroxyl groups is 1. The average Bonchev–Trinajstić information content (AvgIpc) is 2.98. The lowest BCUT2D eigenvalue weighted by atomic mass is 9.99. The van der Waals surface area contributed by atoms with Crippen LogP contribution < -0.4 is 5.32 Å². The van der Waals surface area contributed by atoms with E-state index in [1.807, 2.05) is 13.8 Å². The number of nitrogens with zero attached hydrogens (tertiary/aromatic N) is 3. The number of phenols is 1. The van der Waals surface area contributed by atoms with Crippen molar-refractivity contribution >= 4 is 17.3 Å². The van der Waals surface area contributed by atoms with Gasteiger partial charge in [-0.3, -0.25) is 19.6 Å². The van der Waals surface area contributed by atoms with Gasteiger partial charge < -0.3 is 10.4 Å². The summed E-state index contributed by atoms with van der Waals surface area (Å²) in [4.78, 5) is 22.5. The number of carbonyl (C=O) groups excluding carboxylic acids is 1. The van der Waals surface area contributed by atoms with E-state index in [1.54, 1.807) is 26.0 Å². The molecule has 0 fully saturated rings. The molecule has 24 heavy (non-hydrogen) atoms. The molecular weight excluding hydrogens is 312 g/mol. The standard InChI is InChI=1S/C16H20N4O4/c1-9(2)13-6-14(10(3)5-15(13)21)18-16(22)11(4)19-8-12(7-17-19)20(23)24/h5-9,11,21H,1-4H3,(H,18,22). The predicted molar refractivity (Wildman–Crippen MR) is 89.2 cm³/mol. The Hall–Kier alpha value is -2.90. The van der Waals surface area contributed by atoms with E-state index < -0.39 is 11.0 Å². The molecule has 2 N–H and O–H groups in total. The van der Waals surface area contributed by atoms with Crippen LogP contribution in [0.25, 0.3) is 0 Å². The molecule has 8 heteroatoms. The number of anilines is 1. The number of nitrogens with one attached hydrogen (secondary N) is 1. The van der Waals surface area contributed by atoms with E-state index in [2.05, 4.69) is 10.4 Å². The van der Waals surface area contributed by atoms with Gasteiger partial charge in [0.15, 0.2) is 0 Å². The molecule has 0 aliphatic rings. The van der Waals surface area contributed by atoms with E-state index in [9.17, 15) is 20.0 Å². The van der Waals surface area contributed by atoms with Gasteiger partial charge >= 0.3 is 5.69 Å². The number of hydrogen-bond donors (Lipinski definition) is 2. The van der Waals surface area contributed by atoms with Crippen molar-refractivity contribution in [1.82, 2.24) is 9.78 Å². The van der Waals surface area contributed by atoms with Crippen LogP contribution in [0.15, 0.2) is 24.5 Å². The summed E-state index contributed by atoms with van der Waals surface area (Å²) in [5.41, 5.74) is 1.88. The second-order valence-corrected chi connectivity index (χ2v) is 5.98. The molecule has 1 amide bonds. The second kappa shape index (κ2) is 6.69. The highest BCUT2D eigenvalue weighted by atomic mass is 16.6. The Labute approximate surface area is 139 Å². The van der Waals surface area contributed by atoms with Crippen LogP contribution in [0, 0.1) is 17.0 Å². The fourth-order valence-corrected chi connectivity index (χ4v) is 2.30. The van der Waals surface area contributed by atoms with Gasteiger partial charge in [0, 0.05) is 5.69 Å². The van der Waals surface area contributed by atoms with Crippen LogP contribution in [0.1, 0.15) is 43.9 Å². The summed E-state index contributed by atoms with van der Waals surface area (Å²) in [6.45, 7) is 7.27. The van der Waals surface area contributed by atoms with Gasteiger partial charge in [-0.05, 0) is 43.0 Å². The highest BCUT2D eigenvalue weighted by Gasteiger charge is 2.20. The summed E-state index contributed by atoms with van der Waals surface area (Å²) in [5.74, 6) is -0.0554. The third kappa shape index (κ3) is 3.53. The Morgan fingerprint density at radius 3 is 2.58 bits per heavy atom. The minimum atomic E-state index is -0.714. The van der Waals surface area contributed by atoms with Crippen molar-refractivity contribution in [2.75, 3.05) is 5.32 Å². The maximum Gasteiger partial charge on any atom is 0.307 e. The zero-order chi connectivity index (χ0) is 18.0. The van der Waals surface area contributed by atoms with Gasteiger partial charge in [-0.2, -0.15) is 5.10 Å². The number of hydrogen-bond acceptors (Lipinski definition) is 5. The number of benzene rings is 1. The second-order valence-electron chi connectivity index (χ2n) is 5.98. The molecule has 128 valence electrons. The summed E-state index contributed by atoms with van der Waals surface area (Å²) in [5, 5.41) is 27.3. The third-order valence-electron chi connectivity index (χ3n) is 3.83. The largest absolute Gasteiger partial charge is 0.508 e. The first-order valence-electron chi connectivity index (χ1n) is 7.53. The number of carbonyl (C=O) groups is 1. The van der Waals surface area contributed by atoms with Gasteiger partial charge in [-0.1, -0.05) is 13.8 Å². The molecule has 1 aromatic carbocycles. The molecule has 1 atom stereocenters. The van der Waals surface area contributed by atoms with Gasteiger partial charge in [-0.15, -0.1) is 0 Å². The van der Waals surface area contributed by atoms with Crippen molar-refractivity contribution in [2.24, 2.45) is 0 Å². The van der Waals surface area contributed by atoms with E-state index in [1.165, 1.54) is 10.9 Å². The summed E-state index contributed by atoms with van der Waals surface area (Å²) in [6, 6.07) is 2.63. The lowest BCUT2D eigenvalue weighted by Gasteiger charge is -2.17. The van der Waals surface area contributed by atoms with E-state index in [4.69, 9.17) is 0 Å². The van der Waals surface area contributed by atoms with Crippen molar-refractivity contribution in [2.45, 2.75) is 39.7 Å². The molecule has 0 radical (unpaired) electrons. The summed E-state index contributed by atoms with van der Waals surface area (Å²) in [7, 11) is 0. The monoisotopic (exact) mass is 332 g/mol. The Morgan fingerprint density at radius 1 is 1.38 bits per heavy atom. The van der Waals surface area contributed by atoms with Gasteiger partial charge in [-0.25, -0.2) is 0 Å². The summed E-state index contributed by atoms with van der Waals surface area (Å²) in [6.07, 6.45) is 2.32. The maximum absolute atomic E-state index is 12.4. The molecule has 0 aliphatic heterocycles. The Bertz CT molecular complexity index is 782. The van der Waals surface area contributed by atoms with E-state index in [0.717, 1.165) is 17.3 Å². The molecule has 2 rings (SSSR count). The molecule has 0 bridgehead atoms. The number of rotatable bonds is 5. The van der Waals surface area contributed by atoms with Crippen LogP contribution in [0.5, 0.6) is 5.75 Å². The molecular formula is C16H20N4O4. The summed E-state index contributed by atoms with van der Waals surface area (Å²) >= 11 is 0. The fraction of sp³-hybridized carbons (Fsp3) is 0.375. The molecule has 1 unspecified atom stereocenters. The van der Waals surface area contributed by atoms with Crippen molar-refractivity contribution in [3.63, 3.8) is 0 Å². The Balaban J connectivity index is 2.22. The third-order valence-corrected chi connectivity index (χ3v) is 3.83. The highest BCUT2D eigenvalue weighted by Crippen LogP contribution is 2.31. The quantitative estimate of drug-likeness (QED) is 0.496. The van der Waals surface area contributed by atoms with Crippen LogP contribution in [0.4, 0.5) is 11.4 Å². The van der Waals surface area contributed by atoms with E-state index in [0.29, 0.717) is 5.69 Å². The van der Waals surface area contributed by atoms with Crippen molar-refractivity contribution in [3.8, 4) is 5.75 Å². The van der Waals surface area contributed by atoms with Crippen molar-refractivity contribution in [3.05, 3.63) is 45.8 Å². The minimum absolute atomic E-state index is 0.104. The Kier molecular flexibility index (Phi) is 4.87. The minimum Gasteiger partial charge on any atom is -0.508 e. The molecule has 0 aliphatic carbocycles. The SMILES string of the molecule is Cc1cc(O)c(C(C)C)cc1NC(=O)C(C)n1cc([N+](=O)[O-])cn1. The highest BCUT2D eigenvalue weighted by molar-refractivity contribution is 5.94. The molecule has 0 spiro atoms. The van der Waals surface area contributed by atoms with Crippen LogP contribution in [-0.4, -0.2) is 25.7 Å². The first-order chi connectivity index (χ1) is 11.2. The van der Waals surface area contributed by atoms with Crippen LogP contribution in [-0.2, 0) is 4.79 Å². The molecule has 8 nitrogen and oxygen atoms in total. The van der Waals surface area contributed by atoms with E-state index in [-0.39, 0.29) is 23.3 Å². The Morgan fingerprint density at radius 2 is 2.04 bits per heavy atom. The molecule has 2 aromatic rings.